The maximum atomic E-state index is 12.0. The van der Waals surface area contributed by atoms with Gasteiger partial charge in [0.1, 0.15) is 16.7 Å². The zero-order valence-corrected chi connectivity index (χ0v) is 14.7. The van der Waals surface area contributed by atoms with Crippen LogP contribution in [-0.4, -0.2) is 37.4 Å². The minimum Gasteiger partial charge on any atom is -0.314 e. The quantitative estimate of drug-likeness (QED) is 0.787. The number of aromatic nitrogens is 5. The third-order valence-electron chi connectivity index (χ3n) is 3.93. The van der Waals surface area contributed by atoms with Crippen LogP contribution in [0.5, 0.6) is 0 Å². The van der Waals surface area contributed by atoms with E-state index in [9.17, 15) is 4.79 Å². The summed E-state index contributed by atoms with van der Waals surface area (Å²) in [5.41, 5.74) is 0. The van der Waals surface area contributed by atoms with Gasteiger partial charge in [-0.1, -0.05) is 24.7 Å². The molecule has 0 radical (unpaired) electrons. The first-order valence-electron chi connectivity index (χ1n) is 8.50. The van der Waals surface area contributed by atoms with Crippen molar-refractivity contribution < 1.29 is 4.79 Å². The van der Waals surface area contributed by atoms with Gasteiger partial charge in [0.05, 0.1) is 13.1 Å². The van der Waals surface area contributed by atoms with Gasteiger partial charge in [0, 0.05) is 19.4 Å². The van der Waals surface area contributed by atoms with Crippen LogP contribution in [0.15, 0.2) is 0 Å². The maximum Gasteiger partial charge on any atom is 0.240 e. The van der Waals surface area contributed by atoms with Crippen LogP contribution < -0.4 is 10.6 Å². The van der Waals surface area contributed by atoms with Crippen molar-refractivity contribution in [1.29, 1.82) is 0 Å². The number of nitrogens with zero attached hydrogens (tertiary/aromatic N) is 5. The molecule has 1 amide bonds. The van der Waals surface area contributed by atoms with Crippen LogP contribution in [0.2, 0.25) is 0 Å². The van der Waals surface area contributed by atoms with E-state index in [1.807, 2.05) is 0 Å². The minimum absolute atomic E-state index is 0.121. The van der Waals surface area contributed by atoms with Crippen molar-refractivity contribution in [3.8, 4) is 0 Å². The van der Waals surface area contributed by atoms with Crippen LogP contribution in [-0.2, 0) is 30.7 Å². The van der Waals surface area contributed by atoms with E-state index >= 15 is 0 Å². The van der Waals surface area contributed by atoms with E-state index in [1.165, 1.54) is 24.2 Å². The van der Waals surface area contributed by atoms with Gasteiger partial charge in [-0.05, 0) is 19.3 Å². The number of carbonyl (C=O) groups is 1. The summed E-state index contributed by atoms with van der Waals surface area (Å²) in [6.07, 6.45) is 6.48. The van der Waals surface area contributed by atoms with E-state index in [0.29, 0.717) is 11.7 Å². The fourth-order valence-electron chi connectivity index (χ4n) is 2.75. The summed E-state index contributed by atoms with van der Waals surface area (Å²) in [5.74, 6) is 1.84. The van der Waals surface area contributed by atoms with Gasteiger partial charge in [-0.25, -0.2) is 0 Å². The lowest BCUT2D eigenvalue weighted by Gasteiger charge is -2.07. The number of aryl methyl sites for hydroxylation is 2. The predicted octanol–water partition coefficient (Wildman–Crippen LogP) is 1.54. The lowest BCUT2D eigenvalue weighted by Crippen LogP contribution is -2.28. The largest absolute Gasteiger partial charge is 0.314 e. The molecular weight excluding hydrogens is 326 g/mol. The summed E-state index contributed by atoms with van der Waals surface area (Å²) >= 11 is 1.43. The Balaban J connectivity index is 1.46. The summed E-state index contributed by atoms with van der Waals surface area (Å²) in [6, 6.07) is 0. The summed E-state index contributed by atoms with van der Waals surface area (Å²) in [7, 11) is 0. The molecule has 9 heteroatoms. The average molecular weight is 349 g/mol. The second kappa shape index (κ2) is 8.29. The first-order chi connectivity index (χ1) is 11.8. The van der Waals surface area contributed by atoms with E-state index in [-0.39, 0.29) is 12.5 Å². The van der Waals surface area contributed by atoms with Crippen molar-refractivity contribution in [3.05, 3.63) is 16.7 Å². The van der Waals surface area contributed by atoms with Gasteiger partial charge in [-0.2, -0.15) is 0 Å². The van der Waals surface area contributed by atoms with Crippen LogP contribution in [0, 0.1) is 0 Å². The molecule has 0 spiro atoms. The molecular formula is C15H23N7OS. The molecule has 8 nitrogen and oxygen atoms in total. The van der Waals surface area contributed by atoms with Gasteiger partial charge in [-0.3, -0.25) is 10.1 Å². The number of fused-ring (bicyclic) bond motifs is 1. The van der Waals surface area contributed by atoms with Gasteiger partial charge < -0.3 is 9.88 Å². The Kier molecular flexibility index (Phi) is 5.86. The molecule has 0 fully saturated rings. The molecule has 0 atom stereocenters. The van der Waals surface area contributed by atoms with Gasteiger partial charge in [0.15, 0.2) is 0 Å². The molecule has 2 N–H and O–H groups in total. The van der Waals surface area contributed by atoms with Crippen molar-refractivity contribution in [3.63, 3.8) is 0 Å². The predicted molar refractivity (Wildman–Crippen MR) is 91.8 cm³/mol. The molecule has 0 saturated heterocycles. The zero-order valence-electron chi connectivity index (χ0n) is 13.9. The Bertz CT molecular complexity index is 681. The Morgan fingerprint density at radius 3 is 3.00 bits per heavy atom. The first kappa shape index (κ1) is 17.0. The third-order valence-corrected chi connectivity index (χ3v) is 4.83. The molecule has 3 heterocycles. The number of rotatable bonds is 7. The molecule has 0 bridgehead atoms. The molecule has 2 aromatic rings. The number of carbonyl (C=O) groups excluding carboxylic acids is 1. The molecule has 0 aromatic carbocycles. The van der Waals surface area contributed by atoms with E-state index < -0.39 is 0 Å². The number of hydrogen-bond donors (Lipinski definition) is 2. The van der Waals surface area contributed by atoms with Crippen molar-refractivity contribution in [2.45, 2.75) is 58.5 Å². The Hall–Kier alpha value is -1.87. The number of anilines is 1. The summed E-state index contributed by atoms with van der Waals surface area (Å²) in [6.45, 7) is 3.81. The second-order valence-electron chi connectivity index (χ2n) is 5.90. The molecule has 3 rings (SSSR count). The van der Waals surface area contributed by atoms with E-state index in [1.54, 1.807) is 0 Å². The molecule has 24 heavy (non-hydrogen) atoms. The maximum absolute atomic E-state index is 12.0. The van der Waals surface area contributed by atoms with Crippen molar-refractivity contribution >= 4 is 22.4 Å². The summed E-state index contributed by atoms with van der Waals surface area (Å²) in [4.78, 5) is 12.0. The molecule has 0 aliphatic carbocycles. The van der Waals surface area contributed by atoms with E-state index in [2.05, 4.69) is 42.5 Å². The highest BCUT2D eigenvalue weighted by Crippen LogP contribution is 2.16. The van der Waals surface area contributed by atoms with Gasteiger partial charge in [-0.15, -0.1) is 20.4 Å². The van der Waals surface area contributed by atoms with Crippen molar-refractivity contribution in [2.24, 2.45) is 0 Å². The molecule has 130 valence electrons. The monoisotopic (exact) mass is 349 g/mol. The van der Waals surface area contributed by atoms with E-state index in [4.69, 9.17) is 0 Å². The summed E-state index contributed by atoms with van der Waals surface area (Å²) in [5, 5.41) is 23.9. The molecule has 0 saturated carbocycles. The third kappa shape index (κ3) is 4.35. The van der Waals surface area contributed by atoms with Crippen LogP contribution >= 0.6 is 11.3 Å². The van der Waals surface area contributed by atoms with E-state index in [0.717, 1.165) is 48.9 Å². The Morgan fingerprint density at radius 2 is 2.12 bits per heavy atom. The van der Waals surface area contributed by atoms with Gasteiger partial charge in [0.25, 0.3) is 0 Å². The van der Waals surface area contributed by atoms with Crippen LogP contribution in [0.25, 0.3) is 0 Å². The van der Waals surface area contributed by atoms with Crippen LogP contribution in [0.3, 0.4) is 0 Å². The highest BCUT2D eigenvalue weighted by atomic mass is 32.1. The van der Waals surface area contributed by atoms with Crippen LogP contribution in [0.1, 0.15) is 49.3 Å². The normalized spacial score (nSPS) is 14.2. The first-order valence-corrected chi connectivity index (χ1v) is 9.32. The second-order valence-corrected chi connectivity index (χ2v) is 6.96. The van der Waals surface area contributed by atoms with Crippen molar-refractivity contribution in [1.82, 2.24) is 30.3 Å². The number of nitrogens with one attached hydrogen (secondary N) is 2. The average Bonchev–Trinajstić information content (AvgIpc) is 3.08. The topological polar surface area (TPSA) is 97.6 Å². The van der Waals surface area contributed by atoms with Crippen molar-refractivity contribution in [2.75, 3.05) is 11.9 Å². The Labute approximate surface area is 145 Å². The van der Waals surface area contributed by atoms with Crippen LogP contribution in [0.4, 0.5) is 5.13 Å². The fraction of sp³-hybridized carbons (Fsp3) is 0.667. The zero-order chi connectivity index (χ0) is 16.8. The van der Waals surface area contributed by atoms with Gasteiger partial charge >= 0.3 is 0 Å². The van der Waals surface area contributed by atoms with Gasteiger partial charge in [0.2, 0.25) is 11.0 Å². The summed E-state index contributed by atoms with van der Waals surface area (Å²) < 4.78 is 2.18. The number of hydrogen-bond acceptors (Lipinski definition) is 7. The smallest absolute Gasteiger partial charge is 0.240 e. The lowest BCUT2D eigenvalue weighted by molar-refractivity contribution is -0.115. The Morgan fingerprint density at radius 1 is 1.21 bits per heavy atom. The number of amides is 1. The highest BCUT2D eigenvalue weighted by Gasteiger charge is 2.14. The minimum atomic E-state index is -0.121. The lowest BCUT2D eigenvalue weighted by atomic mass is 10.2. The highest BCUT2D eigenvalue weighted by molar-refractivity contribution is 7.15. The fourth-order valence-corrected chi connectivity index (χ4v) is 3.60. The SMILES string of the molecule is CCCc1nnc(NC(=O)CNCc2nnc3n2CCCCC3)s1. The standard InChI is InChI=1S/C15H23N7OS/c1-2-6-14-20-21-15(24-14)17-13(23)10-16-9-12-19-18-11-7-4-3-5-8-22(11)12/h16H,2-10H2,1H3,(H,17,21,23). The molecule has 1 aliphatic rings. The molecule has 0 unspecified atom stereocenters. The molecule has 2 aromatic heterocycles. The molecule has 1 aliphatic heterocycles.